The third-order valence-electron chi connectivity index (χ3n) is 1.18. The molecule has 0 aliphatic rings. The first-order valence-corrected chi connectivity index (χ1v) is 4.79. The van der Waals surface area contributed by atoms with Crippen molar-refractivity contribution in [1.82, 2.24) is 0 Å². The summed E-state index contributed by atoms with van der Waals surface area (Å²) >= 11 is 0. The highest BCUT2D eigenvalue weighted by Gasteiger charge is 2.10. The smallest absolute Gasteiger partial charge is 0.274 e. The Bertz CT molecular complexity index is 347. The Labute approximate surface area is 91.6 Å². The maximum absolute atomic E-state index is 10.2. The van der Waals surface area contributed by atoms with E-state index in [4.69, 9.17) is 23.5 Å². The quantitative estimate of drug-likeness (QED) is 0.292. The van der Waals surface area contributed by atoms with Gasteiger partial charge in [0.1, 0.15) is 7.11 Å². The van der Waals surface area contributed by atoms with Crippen LogP contribution in [0.25, 0.3) is 0 Å². The minimum Gasteiger partial charge on any atom is -0.274 e. The maximum atomic E-state index is 10.2. The van der Waals surface area contributed by atoms with Gasteiger partial charge >= 0.3 is 5.69 Å². The van der Waals surface area contributed by atoms with Gasteiger partial charge in [-0.2, -0.15) is 0 Å². The third kappa shape index (κ3) is 7.84. The predicted molar refractivity (Wildman–Crippen MR) is 35.8 cm³/mol. The van der Waals surface area contributed by atoms with Gasteiger partial charge in [0.15, 0.2) is 0 Å². The van der Waals surface area contributed by atoms with Gasteiger partial charge in [-0.25, -0.2) is 18.6 Å². The van der Waals surface area contributed by atoms with Crippen LogP contribution in [0.1, 0.15) is 0 Å². The van der Waals surface area contributed by atoms with Crippen LogP contribution in [0.2, 0.25) is 0 Å². The van der Waals surface area contributed by atoms with E-state index in [1.165, 1.54) is 24.1 Å². The summed E-state index contributed by atoms with van der Waals surface area (Å²) in [5.41, 5.74) is 0.00866. The van der Waals surface area contributed by atoms with Crippen molar-refractivity contribution in [2.45, 2.75) is 0 Å². The molecule has 0 atom stereocenters. The van der Waals surface area contributed by atoms with E-state index < -0.39 is 15.2 Å². The highest BCUT2D eigenvalue weighted by molar-refractivity contribution is 5.20. The molecule has 1 aromatic rings. The number of halogens is 1. The van der Waals surface area contributed by atoms with Crippen molar-refractivity contribution in [2.75, 3.05) is 7.11 Å². The van der Waals surface area contributed by atoms with E-state index in [9.17, 15) is 10.1 Å². The molecular weight excluding hydrogens is 248 g/mol. The molecular formula is C6H7ClN2O7. The summed E-state index contributed by atoms with van der Waals surface area (Å²) in [5, 5.41) is 10.2. The Morgan fingerprint density at radius 3 is 2.25 bits per heavy atom. The van der Waals surface area contributed by atoms with Crippen LogP contribution in [-0.2, 0) is 0 Å². The summed E-state index contributed by atoms with van der Waals surface area (Å²) in [5.74, 6) is 0. The lowest BCUT2D eigenvalue weighted by atomic mass is 10.4. The zero-order valence-electron chi connectivity index (χ0n) is 7.94. The van der Waals surface area contributed by atoms with E-state index in [2.05, 4.69) is 0 Å². The van der Waals surface area contributed by atoms with Crippen molar-refractivity contribution >= 4 is 5.69 Å². The summed E-state index contributed by atoms with van der Waals surface area (Å²) in [6.45, 7) is 0. The molecule has 0 aliphatic heterocycles. The Hall–Kier alpha value is -1.52. The monoisotopic (exact) mass is 254 g/mol. The van der Waals surface area contributed by atoms with E-state index in [0.29, 0.717) is 0 Å². The summed E-state index contributed by atoms with van der Waals surface area (Å²) in [6.07, 6.45) is 2.87. The van der Waals surface area contributed by atoms with E-state index in [-0.39, 0.29) is 5.69 Å². The molecule has 0 saturated carbocycles. The summed E-state index contributed by atoms with van der Waals surface area (Å²) < 4.78 is 35.2. The molecule has 0 bridgehead atoms. The number of aromatic nitrogens is 1. The number of pyridine rings is 1. The van der Waals surface area contributed by atoms with Crippen molar-refractivity contribution in [1.29, 1.82) is 0 Å². The Kier molecular flexibility index (Phi) is 5.56. The number of hydrogen-bond acceptors (Lipinski definition) is 7. The molecule has 0 fully saturated rings. The molecule has 0 N–H and O–H groups in total. The largest absolute Gasteiger partial charge is 0.337 e. The van der Waals surface area contributed by atoms with Crippen LogP contribution in [0.5, 0.6) is 0 Å². The van der Waals surface area contributed by atoms with Crippen molar-refractivity contribution in [3.8, 4) is 0 Å². The van der Waals surface area contributed by atoms with Crippen molar-refractivity contribution in [2.24, 2.45) is 0 Å². The summed E-state index contributed by atoms with van der Waals surface area (Å²) in [6, 6.07) is 2.94. The summed E-state index contributed by atoms with van der Waals surface area (Å²) in [4.78, 5) is 14.4. The molecule has 0 aliphatic carbocycles. The average molecular weight is 255 g/mol. The fraction of sp³-hybridized carbons (Fsp3) is 0.167. The maximum Gasteiger partial charge on any atom is 0.337 e. The zero-order valence-corrected chi connectivity index (χ0v) is 8.70. The lowest BCUT2D eigenvalue weighted by molar-refractivity contribution is -2.00. The standard InChI is InChI=1S/C6H7N2O3.ClHO4/c1-11-7-4-2-3-6(5-7)8(9)10;2-1(3,4)5/h2-5H,1H3;(H,2,3,4,5)/q+1;/p-1. The SMILES string of the molecule is CO[n+]1cccc([N+](=O)[O-])c1.[O-][Cl+3]([O-])([O-])[O-]. The molecule has 90 valence electrons. The second-order valence-corrected chi connectivity index (χ2v) is 3.00. The van der Waals surface area contributed by atoms with Crippen LogP contribution in [0.4, 0.5) is 5.69 Å². The van der Waals surface area contributed by atoms with Gasteiger partial charge in [-0.15, -0.1) is 10.2 Å². The van der Waals surface area contributed by atoms with Crippen LogP contribution < -0.4 is 28.2 Å². The van der Waals surface area contributed by atoms with Gasteiger partial charge in [-0.05, 0) is 0 Å². The highest BCUT2D eigenvalue weighted by atomic mass is 35.7. The van der Waals surface area contributed by atoms with E-state index in [1.54, 1.807) is 12.3 Å². The van der Waals surface area contributed by atoms with Crippen molar-refractivity contribution in [3.63, 3.8) is 0 Å². The molecule has 9 nitrogen and oxygen atoms in total. The van der Waals surface area contributed by atoms with Crippen molar-refractivity contribution < 1.29 is 43.4 Å². The second-order valence-electron chi connectivity index (χ2n) is 2.24. The molecule has 0 spiro atoms. The molecule has 1 heterocycles. The van der Waals surface area contributed by atoms with E-state index in [0.717, 1.165) is 0 Å². The normalized spacial score (nSPS) is 10.1. The van der Waals surface area contributed by atoms with Gasteiger partial charge in [0.2, 0.25) is 6.20 Å². The van der Waals surface area contributed by atoms with Gasteiger partial charge in [0, 0.05) is 16.9 Å². The first-order valence-electron chi connectivity index (χ1n) is 3.56. The molecule has 0 radical (unpaired) electrons. The van der Waals surface area contributed by atoms with Gasteiger partial charge in [-0.1, -0.05) is 0 Å². The van der Waals surface area contributed by atoms with Gasteiger partial charge < -0.3 is 0 Å². The Morgan fingerprint density at radius 2 is 1.88 bits per heavy atom. The minimum absolute atomic E-state index is 0.00866. The number of rotatable bonds is 2. The molecule has 1 aromatic heterocycles. The first-order chi connectivity index (χ1) is 7.24. The minimum atomic E-state index is -4.94. The molecule has 10 heteroatoms. The number of nitro groups is 1. The topological polar surface area (TPSA) is 148 Å². The molecule has 0 unspecified atom stereocenters. The molecule has 0 amide bonds. The average Bonchev–Trinajstić information content (AvgIpc) is 2.15. The van der Waals surface area contributed by atoms with Crippen LogP contribution >= 0.6 is 0 Å². The summed E-state index contributed by atoms with van der Waals surface area (Å²) in [7, 11) is -3.51. The Balaban J connectivity index is 0.000000385. The van der Waals surface area contributed by atoms with Crippen molar-refractivity contribution in [3.05, 3.63) is 34.6 Å². The van der Waals surface area contributed by atoms with Crippen LogP contribution in [0.3, 0.4) is 0 Å². The van der Waals surface area contributed by atoms with Gasteiger partial charge in [0.25, 0.3) is 6.20 Å². The molecule has 0 saturated heterocycles. The molecule has 1 rings (SSSR count). The van der Waals surface area contributed by atoms with Crippen LogP contribution in [0.15, 0.2) is 24.5 Å². The van der Waals surface area contributed by atoms with Crippen LogP contribution in [0, 0.1) is 20.4 Å². The third-order valence-corrected chi connectivity index (χ3v) is 1.18. The zero-order chi connectivity index (χ0) is 12.8. The Morgan fingerprint density at radius 1 is 1.38 bits per heavy atom. The van der Waals surface area contributed by atoms with E-state index in [1.807, 2.05) is 0 Å². The fourth-order valence-electron chi connectivity index (χ4n) is 0.664. The van der Waals surface area contributed by atoms with Gasteiger partial charge in [-0.3, -0.25) is 15.0 Å². The number of hydrogen-bond donors (Lipinski definition) is 0. The van der Waals surface area contributed by atoms with Crippen LogP contribution in [-0.4, -0.2) is 12.0 Å². The van der Waals surface area contributed by atoms with E-state index >= 15 is 0 Å². The number of nitrogens with zero attached hydrogens (tertiary/aromatic N) is 2. The predicted octanol–water partition coefficient (Wildman–Crippen LogP) is -4.82. The van der Waals surface area contributed by atoms with Gasteiger partial charge in [0.05, 0.1) is 4.92 Å². The highest BCUT2D eigenvalue weighted by Crippen LogP contribution is 2.03. The fourth-order valence-corrected chi connectivity index (χ4v) is 0.664. The lowest BCUT2D eigenvalue weighted by Gasteiger charge is -2.17. The lowest BCUT2D eigenvalue weighted by Crippen LogP contribution is -2.68. The molecule has 0 aromatic carbocycles. The first kappa shape index (κ1) is 14.5. The molecule has 16 heavy (non-hydrogen) atoms. The second kappa shape index (κ2) is 6.15.